The highest BCUT2D eigenvalue weighted by Gasteiger charge is 2.39. The van der Waals surface area contributed by atoms with E-state index in [0.29, 0.717) is 24.0 Å². The first-order chi connectivity index (χ1) is 17.5. The van der Waals surface area contributed by atoms with Crippen molar-refractivity contribution in [3.8, 4) is 11.5 Å². The van der Waals surface area contributed by atoms with Crippen LogP contribution in [-0.2, 0) is 32.0 Å². The van der Waals surface area contributed by atoms with Gasteiger partial charge in [-0.1, -0.05) is 24.3 Å². The third-order valence-electron chi connectivity index (χ3n) is 6.23. The topological polar surface area (TPSA) is 182 Å². The van der Waals surface area contributed by atoms with Gasteiger partial charge in [0.25, 0.3) is 0 Å². The molecule has 0 bridgehead atoms. The molecule has 37 heavy (non-hydrogen) atoms. The smallest absolute Gasteiger partial charge is 0.326 e. The number of benzene rings is 2. The quantitative estimate of drug-likeness (QED) is 0.262. The number of phenolic OH excluding ortho intramolecular Hbond substituents is 2. The van der Waals surface area contributed by atoms with Crippen molar-refractivity contribution in [2.24, 2.45) is 5.73 Å². The van der Waals surface area contributed by atoms with E-state index in [-0.39, 0.29) is 30.9 Å². The summed E-state index contributed by atoms with van der Waals surface area (Å²) in [5.41, 5.74) is 6.97. The number of nitrogens with two attached hydrogens (primary N) is 1. The summed E-state index contributed by atoms with van der Waals surface area (Å²) in [7, 11) is 0. The lowest BCUT2D eigenvalue weighted by molar-refractivity contribution is -0.144. The highest BCUT2D eigenvalue weighted by Crippen LogP contribution is 2.21. The maximum absolute atomic E-state index is 13.5. The van der Waals surface area contributed by atoms with Crippen LogP contribution in [0.5, 0.6) is 11.5 Å². The highest BCUT2D eigenvalue weighted by molar-refractivity contribution is 5.94. The number of hydrogen-bond donors (Lipinski definition) is 6. The monoisotopic (exact) mass is 512 g/mol. The number of hydrogen-bond acceptors (Lipinski definition) is 7. The summed E-state index contributed by atoms with van der Waals surface area (Å²) in [6, 6.07) is 8.18. The fraction of sp³-hybridized carbons (Fsp3) is 0.385. The number of carbonyl (C=O) groups excluding carboxylic acids is 3. The van der Waals surface area contributed by atoms with Gasteiger partial charge in [0, 0.05) is 19.4 Å². The number of amides is 3. The molecule has 7 N–H and O–H groups in total. The van der Waals surface area contributed by atoms with Gasteiger partial charge in [0.1, 0.15) is 29.6 Å². The van der Waals surface area contributed by atoms with E-state index in [4.69, 9.17) is 5.73 Å². The zero-order chi connectivity index (χ0) is 27.1. The number of aliphatic carboxylic acids is 1. The first-order valence-electron chi connectivity index (χ1n) is 12.0. The number of carbonyl (C=O) groups is 4. The minimum absolute atomic E-state index is 0.00402. The summed E-state index contributed by atoms with van der Waals surface area (Å²) in [4.78, 5) is 52.2. The van der Waals surface area contributed by atoms with Crippen molar-refractivity contribution in [2.75, 3.05) is 6.54 Å². The molecule has 0 radical (unpaired) electrons. The van der Waals surface area contributed by atoms with Crippen LogP contribution >= 0.6 is 0 Å². The Morgan fingerprint density at radius 2 is 1.43 bits per heavy atom. The van der Waals surface area contributed by atoms with E-state index in [9.17, 15) is 34.5 Å². The zero-order valence-corrected chi connectivity index (χ0v) is 20.5. The summed E-state index contributed by atoms with van der Waals surface area (Å²) in [5, 5.41) is 33.8. The van der Waals surface area contributed by atoms with Gasteiger partial charge in [-0.25, -0.2) is 4.79 Å². The minimum Gasteiger partial charge on any atom is -0.508 e. The molecule has 0 spiro atoms. The molecule has 3 rings (SSSR count). The number of carboxylic acid groups (broad SMARTS) is 1. The van der Waals surface area contributed by atoms with Gasteiger partial charge in [0.2, 0.25) is 17.7 Å². The summed E-state index contributed by atoms with van der Waals surface area (Å²) in [6.45, 7) is 1.76. The number of carboxylic acids is 1. The molecule has 2 aromatic carbocycles. The largest absolute Gasteiger partial charge is 0.508 e. The number of phenols is 2. The lowest BCUT2D eigenvalue weighted by Gasteiger charge is -2.30. The molecule has 1 aliphatic rings. The molecule has 0 aliphatic carbocycles. The van der Waals surface area contributed by atoms with Crippen molar-refractivity contribution < 1.29 is 34.5 Å². The normalized spacial score (nSPS) is 17.5. The molecular weight excluding hydrogens is 480 g/mol. The van der Waals surface area contributed by atoms with Crippen LogP contribution in [0.3, 0.4) is 0 Å². The Kier molecular flexibility index (Phi) is 9.07. The predicted octanol–water partition coefficient (Wildman–Crippen LogP) is 0.275. The molecule has 1 aliphatic heterocycles. The number of nitrogens with zero attached hydrogens (tertiary/aromatic N) is 1. The van der Waals surface area contributed by atoms with Crippen molar-refractivity contribution in [1.29, 1.82) is 0 Å². The Balaban J connectivity index is 1.75. The summed E-state index contributed by atoms with van der Waals surface area (Å²) < 4.78 is 0. The summed E-state index contributed by atoms with van der Waals surface area (Å²) >= 11 is 0. The lowest BCUT2D eigenvalue weighted by atomic mass is 10.0. The van der Waals surface area contributed by atoms with E-state index >= 15 is 0 Å². The van der Waals surface area contributed by atoms with E-state index in [1.54, 1.807) is 24.3 Å². The molecule has 4 atom stereocenters. The van der Waals surface area contributed by atoms with Crippen molar-refractivity contribution >= 4 is 23.7 Å². The van der Waals surface area contributed by atoms with Crippen molar-refractivity contribution in [1.82, 2.24) is 15.5 Å². The number of nitrogens with one attached hydrogen (secondary N) is 2. The van der Waals surface area contributed by atoms with E-state index in [0.717, 1.165) is 0 Å². The fourth-order valence-corrected chi connectivity index (χ4v) is 4.21. The molecule has 198 valence electrons. The second-order valence-corrected chi connectivity index (χ2v) is 9.18. The van der Waals surface area contributed by atoms with E-state index in [1.165, 1.54) is 36.1 Å². The van der Waals surface area contributed by atoms with Crippen molar-refractivity contribution in [3.63, 3.8) is 0 Å². The third-order valence-corrected chi connectivity index (χ3v) is 6.23. The molecule has 0 saturated carbocycles. The van der Waals surface area contributed by atoms with Gasteiger partial charge < -0.3 is 36.6 Å². The Hall–Kier alpha value is -4.12. The van der Waals surface area contributed by atoms with Crippen LogP contribution in [0.1, 0.15) is 30.9 Å². The summed E-state index contributed by atoms with van der Waals surface area (Å²) in [6.07, 6.45) is 0.986. The number of likely N-dealkylation sites (tertiary alicyclic amines) is 1. The average Bonchev–Trinajstić information content (AvgIpc) is 3.35. The molecule has 11 heteroatoms. The lowest BCUT2D eigenvalue weighted by Crippen LogP contribution is -2.57. The molecular formula is C26H32N4O7. The van der Waals surface area contributed by atoms with Crippen LogP contribution in [0.4, 0.5) is 0 Å². The Morgan fingerprint density at radius 1 is 0.919 bits per heavy atom. The van der Waals surface area contributed by atoms with Crippen molar-refractivity contribution in [3.05, 3.63) is 59.7 Å². The fourth-order valence-electron chi connectivity index (χ4n) is 4.21. The minimum atomic E-state index is -1.24. The standard InChI is InChI=1S/C26H32N4O7/c1-15(27)23(33)28-20(13-16-4-8-18(31)9-5-16)25(35)30-12-2-3-22(30)24(34)29-21(26(36)37)14-17-6-10-19(32)11-7-17/h4-11,15,20-22,31-32H,2-3,12-14,27H2,1H3,(H,28,33)(H,29,34)(H,36,37). The SMILES string of the molecule is CC(N)C(=O)NC(Cc1ccc(O)cc1)C(=O)N1CCCC1C(=O)NC(Cc1ccc(O)cc1)C(=O)O. The Labute approximate surface area is 214 Å². The van der Waals surface area contributed by atoms with Crippen LogP contribution in [0.15, 0.2) is 48.5 Å². The summed E-state index contributed by atoms with van der Waals surface area (Å²) in [5.74, 6) is -2.74. The molecule has 0 aromatic heterocycles. The van der Waals surface area contributed by atoms with Gasteiger partial charge in [0.05, 0.1) is 6.04 Å². The highest BCUT2D eigenvalue weighted by atomic mass is 16.4. The Morgan fingerprint density at radius 3 is 1.92 bits per heavy atom. The van der Waals surface area contributed by atoms with Gasteiger partial charge in [-0.15, -0.1) is 0 Å². The zero-order valence-electron chi connectivity index (χ0n) is 20.5. The van der Waals surface area contributed by atoms with Gasteiger partial charge in [0.15, 0.2) is 0 Å². The van der Waals surface area contributed by atoms with Gasteiger partial charge in [-0.05, 0) is 55.2 Å². The molecule has 1 fully saturated rings. The number of rotatable bonds is 10. The van der Waals surface area contributed by atoms with E-state index in [2.05, 4.69) is 10.6 Å². The first kappa shape index (κ1) is 27.5. The van der Waals surface area contributed by atoms with Crippen LogP contribution in [0, 0.1) is 0 Å². The van der Waals surface area contributed by atoms with Crippen LogP contribution in [0.2, 0.25) is 0 Å². The van der Waals surface area contributed by atoms with Crippen LogP contribution in [-0.4, -0.2) is 74.6 Å². The van der Waals surface area contributed by atoms with Gasteiger partial charge in [-0.3, -0.25) is 14.4 Å². The molecule has 1 heterocycles. The molecule has 4 unspecified atom stereocenters. The molecule has 2 aromatic rings. The predicted molar refractivity (Wildman–Crippen MR) is 134 cm³/mol. The second-order valence-electron chi connectivity index (χ2n) is 9.18. The maximum atomic E-state index is 13.5. The van der Waals surface area contributed by atoms with Crippen molar-refractivity contribution in [2.45, 2.75) is 56.8 Å². The van der Waals surface area contributed by atoms with Gasteiger partial charge in [-0.2, -0.15) is 0 Å². The average molecular weight is 513 g/mol. The second kappa shape index (κ2) is 12.2. The van der Waals surface area contributed by atoms with E-state index in [1.807, 2.05) is 0 Å². The van der Waals surface area contributed by atoms with E-state index < -0.39 is 47.9 Å². The maximum Gasteiger partial charge on any atom is 0.326 e. The molecule has 3 amide bonds. The van der Waals surface area contributed by atoms with Crippen LogP contribution < -0.4 is 16.4 Å². The number of aromatic hydroxyl groups is 2. The third kappa shape index (κ3) is 7.43. The molecule has 1 saturated heterocycles. The first-order valence-corrected chi connectivity index (χ1v) is 12.0. The Bertz CT molecular complexity index is 1120. The van der Waals surface area contributed by atoms with Crippen LogP contribution in [0.25, 0.3) is 0 Å². The molecule has 11 nitrogen and oxygen atoms in total. The van der Waals surface area contributed by atoms with Gasteiger partial charge >= 0.3 is 5.97 Å².